The van der Waals surface area contributed by atoms with Gasteiger partial charge in [0.15, 0.2) is 0 Å². The van der Waals surface area contributed by atoms with Gasteiger partial charge in [0.25, 0.3) is 0 Å². The van der Waals surface area contributed by atoms with E-state index in [1.165, 1.54) is 36.8 Å². The fourth-order valence-corrected chi connectivity index (χ4v) is 3.50. The van der Waals surface area contributed by atoms with E-state index in [9.17, 15) is 4.79 Å². The first-order valence-corrected chi connectivity index (χ1v) is 7.79. The molecule has 1 aromatic rings. The number of fused-ring (bicyclic) bond motifs is 1. The molecule has 3 heteroatoms. The van der Waals surface area contributed by atoms with Gasteiger partial charge < -0.3 is 4.90 Å². The summed E-state index contributed by atoms with van der Waals surface area (Å²) in [6.07, 6.45) is 6.15. The normalized spacial score (nSPS) is 19.4. The van der Waals surface area contributed by atoms with Gasteiger partial charge in [-0.15, -0.1) is 0 Å². The molecule has 0 bridgehead atoms. The van der Waals surface area contributed by atoms with Crippen LogP contribution in [-0.2, 0) is 17.8 Å². The van der Waals surface area contributed by atoms with E-state index in [1.54, 1.807) is 0 Å². The number of hydrogen-bond donors (Lipinski definition) is 0. The van der Waals surface area contributed by atoms with Crippen LogP contribution in [0, 0.1) is 0 Å². The second-order valence-corrected chi connectivity index (χ2v) is 6.19. The van der Waals surface area contributed by atoms with Gasteiger partial charge in [-0.3, -0.25) is 9.69 Å². The Kier molecular flexibility index (Phi) is 4.06. The van der Waals surface area contributed by atoms with Crippen LogP contribution in [-0.4, -0.2) is 41.9 Å². The molecule has 1 aliphatic carbocycles. The van der Waals surface area contributed by atoms with Crippen molar-refractivity contribution in [2.75, 3.05) is 20.1 Å². The van der Waals surface area contributed by atoms with Crippen molar-refractivity contribution < 1.29 is 4.79 Å². The molecule has 1 heterocycles. The minimum Gasteiger partial charge on any atom is -0.337 e. The molecule has 2 aliphatic rings. The molecule has 20 heavy (non-hydrogen) atoms. The lowest BCUT2D eigenvalue weighted by molar-refractivity contribution is -0.133. The highest BCUT2D eigenvalue weighted by Crippen LogP contribution is 2.23. The Morgan fingerprint density at radius 1 is 1.25 bits per heavy atom. The maximum atomic E-state index is 12.5. The smallest absolute Gasteiger partial charge is 0.237 e. The summed E-state index contributed by atoms with van der Waals surface area (Å²) in [6, 6.07) is 9.11. The van der Waals surface area contributed by atoms with Gasteiger partial charge in [0, 0.05) is 19.1 Å². The summed E-state index contributed by atoms with van der Waals surface area (Å²) in [7, 11) is 2.10. The molecule has 1 aliphatic heterocycles. The molecule has 1 aromatic carbocycles. The highest BCUT2D eigenvalue weighted by Gasteiger charge is 2.25. The standard InChI is InChI=1S/C17H24N2O/c1-18(16-8-4-5-9-16)13-17(20)19-11-10-14-6-2-3-7-15(14)12-19/h2-3,6-7,16H,4-5,8-13H2,1H3. The summed E-state index contributed by atoms with van der Waals surface area (Å²) in [6.45, 7) is 2.23. The molecular weight excluding hydrogens is 248 g/mol. The number of nitrogens with zero attached hydrogens (tertiary/aromatic N) is 2. The quantitative estimate of drug-likeness (QED) is 0.844. The van der Waals surface area contributed by atoms with E-state index >= 15 is 0 Å². The maximum absolute atomic E-state index is 12.5. The first-order chi connectivity index (χ1) is 9.74. The zero-order chi connectivity index (χ0) is 13.9. The van der Waals surface area contributed by atoms with Gasteiger partial charge in [0.1, 0.15) is 0 Å². The van der Waals surface area contributed by atoms with Crippen LogP contribution in [0.5, 0.6) is 0 Å². The molecule has 0 atom stereocenters. The summed E-state index contributed by atoms with van der Waals surface area (Å²) in [4.78, 5) is 16.7. The van der Waals surface area contributed by atoms with Crippen LogP contribution in [0.15, 0.2) is 24.3 Å². The second-order valence-electron chi connectivity index (χ2n) is 6.19. The third-order valence-corrected chi connectivity index (χ3v) is 4.82. The minimum atomic E-state index is 0.286. The van der Waals surface area contributed by atoms with Crippen LogP contribution in [0.1, 0.15) is 36.8 Å². The van der Waals surface area contributed by atoms with Gasteiger partial charge in [-0.25, -0.2) is 0 Å². The maximum Gasteiger partial charge on any atom is 0.237 e. The van der Waals surface area contributed by atoms with E-state index in [1.807, 2.05) is 4.90 Å². The average Bonchev–Trinajstić information content (AvgIpc) is 3.01. The number of carbonyl (C=O) groups excluding carboxylic acids is 1. The Morgan fingerprint density at radius 3 is 2.70 bits per heavy atom. The number of hydrogen-bond acceptors (Lipinski definition) is 2. The first kappa shape index (κ1) is 13.6. The van der Waals surface area contributed by atoms with Crippen LogP contribution < -0.4 is 0 Å². The lowest BCUT2D eigenvalue weighted by atomic mass is 10.00. The molecule has 0 spiro atoms. The van der Waals surface area contributed by atoms with Crippen molar-refractivity contribution in [1.82, 2.24) is 9.80 Å². The van der Waals surface area contributed by atoms with E-state index in [4.69, 9.17) is 0 Å². The molecule has 1 fully saturated rings. The minimum absolute atomic E-state index is 0.286. The predicted molar refractivity (Wildman–Crippen MR) is 80.4 cm³/mol. The van der Waals surface area contributed by atoms with E-state index in [-0.39, 0.29) is 5.91 Å². The summed E-state index contributed by atoms with van der Waals surface area (Å²) in [5, 5.41) is 0. The van der Waals surface area contributed by atoms with E-state index in [0.29, 0.717) is 12.6 Å². The third kappa shape index (κ3) is 2.88. The number of rotatable bonds is 3. The van der Waals surface area contributed by atoms with E-state index < -0.39 is 0 Å². The topological polar surface area (TPSA) is 23.6 Å². The van der Waals surface area contributed by atoms with Crippen molar-refractivity contribution in [1.29, 1.82) is 0 Å². The van der Waals surface area contributed by atoms with Gasteiger partial charge >= 0.3 is 0 Å². The third-order valence-electron chi connectivity index (χ3n) is 4.82. The predicted octanol–water partition coefficient (Wildman–Crippen LogP) is 2.45. The van der Waals surface area contributed by atoms with Gasteiger partial charge in [0.2, 0.25) is 5.91 Å². The fourth-order valence-electron chi connectivity index (χ4n) is 3.50. The van der Waals surface area contributed by atoms with Crippen molar-refractivity contribution in [3.63, 3.8) is 0 Å². The van der Waals surface area contributed by atoms with Crippen molar-refractivity contribution in [3.8, 4) is 0 Å². The van der Waals surface area contributed by atoms with Crippen molar-refractivity contribution in [2.45, 2.75) is 44.7 Å². The van der Waals surface area contributed by atoms with Gasteiger partial charge in [-0.1, -0.05) is 37.1 Å². The molecule has 108 valence electrons. The van der Waals surface area contributed by atoms with Crippen molar-refractivity contribution >= 4 is 5.91 Å². The zero-order valence-electron chi connectivity index (χ0n) is 12.3. The molecule has 0 radical (unpaired) electrons. The molecule has 3 nitrogen and oxygen atoms in total. The largest absolute Gasteiger partial charge is 0.337 e. The number of benzene rings is 1. The molecule has 0 N–H and O–H groups in total. The molecule has 3 rings (SSSR count). The van der Waals surface area contributed by atoms with Crippen LogP contribution in [0.2, 0.25) is 0 Å². The Balaban J connectivity index is 1.58. The van der Waals surface area contributed by atoms with Gasteiger partial charge in [0.05, 0.1) is 6.54 Å². The van der Waals surface area contributed by atoms with Crippen LogP contribution in [0.3, 0.4) is 0 Å². The van der Waals surface area contributed by atoms with Crippen molar-refractivity contribution in [2.24, 2.45) is 0 Å². The lowest BCUT2D eigenvalue weighted by Crippen LogP contribution is -2.43. The van der Waals surface area contributed by atoms with Crippen LogP contribution in [0.4, 0.5) is 0 Å². The lowest BCUT2D eigenvalue weighted by Gasteiger charge is -2.31. The highest BCUT2D eigenvalue weighted by molar-refractivity contribution is 5.78. The zero-order valence-corrected chi connectivity index (χ0v) is 12.3. The monoisotopic (exact) mass is 272 g/mol. The average molecular weight is 272 g/mol. The molecule has 1 amide bonds. The molecule has 0 saturated heterocycles. The van der Waals surface area contributed by atoms with Crippen LogP contribution in [0.25, 0.3) is 0 Å². The van der Waals surface area contributed by atoms with Crippen molar-refractivity contribution in [3.05, 3.63) is 35.4 Å². The Morgan fingerprint density at radius 2 is 1.95 bits per heavy atom. The Labute approximate surface area is 121 Å². The summed E-state index contributed by atoms with van der Waals surface area (Å²) < 4.78 is 0. The molecular formula is C17H24N2O. The van der Waals surface area contributed by atoms with Crippen LogP contribution >= 0.6 is 0 Å². The fraction of sp³-hybridized carbons (Fsp3) is 0.588. The second kappa shape index (κ2) is 5.96. The number of carbonyl (C=O) groups is 1. The van der Waals surface area contributed by atoms with E-state index in [0.717, 1.165) is 19.5 Å². The Bertz CT molecular complexity index is 480. The Hall–Kier alpha value is -1.35. The highest BCUT2D eigenvalue weighted by atomic mass is 16.2. The number of likely N-dealkylation sites (N-methyl/N-ethyl adjacent to an activating group) is 1. The number of amides is 1. The summed E-state index contributed by atoms with van der Waals surface area (Å²) in [5.41, 5.74) is 2.72. The van der Waals surface area contributed by atoms with Gasteiger partial charge in [-0.2, -0.15) is 0 Å². The molecule has 0 aromatic heterocycles. The molecule has 1 saturated carbocycles. The van der Waals surface area contributed by atoms with E-state index in [2.05, 4.69) is 36.2 Å². The summed E-state index contributed by atoms with van der Waals surface area (Å²) >= 11 is 0. The van der Waals surface area contributed by atoms with Gasteiger partial charge in [-0.05, 0) is 37.4 Å². The molecule has 0 unspecified atom stereocenters. The SMILES string of the molecule is CN(CC(=O)N1CCc2ccccc2C1)C1CCCC1. The first-order valence-electron chi connectivity index (χ1n) is 7.79. The summed E-state index contributed by atoms with van der Waals surface area (Å²) in [5.74, 6) is 0.286.